The molecule has 2 heterocycles. The molecule has 1 aliphatic rings. The maximum absolute atomic E-state index is 12.8. The lowest BCUT2D eigenvalue weighted by Gasteiger charge is -2.12. The van der Waals surface area contributed by atoms with Crippen LogP contribution in [0.1, 0.15) is 58.6 Å². The van der Waals surface area contributed by atoms with Gasteiger partial charge >= 0.3 is 0 Å². The molecular weight excluding hydrogens is 384 g/mol. The van der Waals surface area contributed by atoms with Crippen molar-refractivity contribution in [1.82, 2.24) is 5.32 Å². The van der Waals surface area contributed by atoms with Crippen molar-refractivity contribution in [3.63, 3.8) is 0 Å². The summed E-state index contributed by atoms with van der Waals surface area (Å²) in [6, 6.07) is 6.09. The van der Waals surface area contributed by atoms with Gasteiger partial charge in [0.05, 0.1) is 18.2 Å². The molecule has 0 aliphatic heterocycles. The summed E-state index contributed by atoms with van der Waals surface area (Å²) in [7, 11) is 0. The summed E-state index contributed by atoms with van der Waals surface area (Å²) < 4.78 is 5.62. The molecule has 0 spiro atoms. The number of carbonyl (C=O) groups excluding carboxylic acids is 2. The predicted molar refractivity (Wildman–Crippen MR) is 117 cm³/mol. The molecule has 152 valence electrons. The lowest BCUT2D eigenvalue weighted by Crippen LogP contribution is -2.25. The highest BCUT2D eigenvalue weighted by Gasteiger charge is 2.26. The van der Waals surface area contributed by atoms with E-state index in [-0.39, 0.29) is 18.2 Å². The average Bonchev–Trinajstić information content (AvgIpc) is 3.28. The van der Waals surface area contributed by atoms with Crippen LogP contribution in [-0.2, 0) is 30.5 Å². The van der Waals surface area contributed by atoms with Gasteiger partial charge in [-0.15, -0.1) is 11.3 Å². The van der Waals surface area contributed by atoms with Crippen molar-refractivity contribution in [3.05, 3.63) is 51.6 Å². The largest absolute Gasteiger partial charge is 0.464 e. The Labute approximate surface area is 174 Å². The van der Waals surface area contributed by atoms with E-state index >= 15 is 0 Å². The predicted octanol–water partition coefficient (Wildman–Crippen LogP) is 4.87. The number of nitrogens with one attached hydrogen (secondary N) is 2. The zero-order valence-corrected chi connectivity index (χ0v) is 17.7. The zero-order chi connectivity index (χ0) is 20.4. The normalized spacial score (nSPS) is 13.3. The van der Waals surface area contributed by atoms with Gasteiger partial charge < -0.3 is 15.1 Å². The molecule has 2 N–H and O–H groups in total. The Morgan fingerprint density at radius 2 is 2.00 bits per heavy atom. The topological polar surface area (TPSA) is 71.3 Å². The monoisotopic (exact) mass is 410 g/mol. The number of anilines is 1. The Hall–Kier alpha value is -2.60. The SMILES string of the molecule is CCNC(=O)c1c(NC(=O)Cc2coc3ccc(CC)cc23)sc2c1CCCC2. The van der Waals surface area contributed by atoms with E-state index in [4.69, 9.17) is 4.42 Å². The van der Waals surface area contributed by atoms with Gasteiger partial charge in [0, 0.05) is 22.4 Å². The first-order valence-electron chi connectivity index (χ1n) is 10.3. The number of hydrogen-bond donors (Lipinski definition) is 2. The number of amides is 2. The van der Waals surface area contributed by atoms with Crippen molar-refractivity contribution in [3.8, 4) is 0 Å². The molecule has 5 nitrogen and oxygen atoms in total. The highest BCUT2D eigenvalue weighted by molar-refractivity contribution is 7.17. The minimum absolute atomic E-state index is 0.0939. The molecule has 0 bridgehead atoms. The fourth-order valence-electron chi connectivity index (χ4n) is 3.97. The molecule has 2 amide bonds. The summed E-state index contributed by atoms with van der Waals surface area (Å²) in [6.45, 7) is 4.58. The van der Waals surface area contributed by atoms with E-state index in [9.17, 15) is 9.59 Å². The molecule has 2 aromatic heterocycles. The minimum atomic E-state index is -0.126. The summed E-state index contributed by atoms with van der Waals surface area (Å²) in [5, 5.41) is 7.57. The van der Waals surface area contributed by atoms with E-state index in [1.54, 1.807) is 17.6 Å². The van der Waals surface area contributed by atoms with Gasteiger partial charge in [-0.3, -0.25) is 9.59 Å². The van der Waals surface area contributed by atoms with Gasteiger partial charge in [-0.25, -0.2) is 0 Å². The van der Waals surface area contributed by atoms with Crippen LogP contribution in [0.5, 0.6) is 0 Å². The van der Waals surface area contributed by atoms with Gasteiger partial charge in [0.2, 0.25) is 5.91 Å². The van der Waals surface area contributed by atoms with Gasteiger partial charge in [0.1, 0.15) is 10.6 Å². The first-order chi connectivity index (χ1) is 14.1. The molecule has 1 aliphatic carbocycles. The van der Waals surface area contributed by atoms with Crippen molar-refractivity contribution >= 4 is 39.1 Å². The molecule has 0 radical (unpaired) electrons. The van der Waals surface area contributed by atoms with E-state index in [0.29, 0.717) is 17.1 Å². The smallest absolute Gasteiger partial charge is 0.254 e. The number of fused-ring (bicyclic) bond motifs is 2. The van der Waals surface area contributed by atoms with E-state index < -0.39 is 0 Å². The van der Waals surface area contributed by atoms with Crippen LogP contribution in [0.15, 0.2) is 28.9 Å². The van der Waals surface area contributed by atoms with Gasteiger partial charge in [0.25, 0.3) is 5.91 Å². The molecule has 0 fully saturated rings. The van der Waals surface area contributed by atoms with Crippen molar-refractivity contribution in [2.24, 2.45) is 0 Å². The zero-order valence-electron chi connectivity index (χ0n) is 16.9. The number of thiophene rings is 1. The van der Waals surface area contributed by atoms with Crippen LogP contribution in [0, 0.1) is 0 Å². The van der Waals surface area contributed by atoms with Gasteiger partial charge in [-0.05, 0) is 62.3 Å². The molecule has 0 unspecified atom stereocenters. The fourth-order valence-corrected chi connectivity index (χ4v) is 5.28. The summed E-state index contributed by atoms with van der Waals surface area (Å²) in [5.41, 5.74) is 4.65. The van der Waals surface area contributed by atoms with E-state index in [1.165, 1.54) is 10.4 Å². The molecule has 3 aromatic rings. The third kappa shape index (κ3) is 3.94. The molecule has 0 saturated heterocycles. The Balaban J connectivity index is 1.59. The fraction of sp³-hybridized carbons (Fsp3) is 0.391. The van der Waals surface area contributed by atoms with Crippen LogP contribution in [0.3, 0.4) is 0 Å². The lowest BCUT2D eigenvalue weighted by atomic mass is 9.95. The average molecular weight is 411 g/mol. The summed E-state index contributed by atoms with van der Waals surface area (Å²) in [5.74, 6) is -0.220. The number of furan rings is 1. The van der Waals surface area contributed by atoms with Crippen LogP contribution >= 0.6 is 11.3 Å². The third-order valence-electron chi connectivity index (χ3n) is 5.47. The highest BCUT2D eigenvalue weighted by atomic mass is 32.1. The van der Waals surface area contributed by atoms with E-state index in [0.717, 1.165) is 54.2 Å². The second-order valence-corrected chi connectivity index (χ2v) is 8.55. The summed E-state index contributed by atoms with van der Waals surface area (Å²) in [4.78, 5) is 26.7. The summed E-state index contributed by atoms with van der Waals surface area (Å²) in [6.07, 6.45) is 6.92. The Morgan fingerprint density at radius 1 is 1.17 bits per heavy atom. The number of carbonyl (C=O) groups is 2. The molecule has 29 heavy (non-hydrogen) atoms. The number of rotatable bonds is 6. The molecule has 0 saturated carbocycles. The van der Waals surface area contributed by atoms with Crippen LogP contribution in [0.2, 0.25) is 0 Å². The lowest BCUT2D eigenvalue weighted by molar-refractivity contribution is -0.115. The van der Waals surface area contributed by atoms with Crippen LogP contribution in [-0.4, -0.2) is 18.4 Å². The number of aryl methyl sites for hydroxylation is 2. The maximum Gasteiger partial charge on any atom is 0.254 e. The van der Waals surface area contributed by atoms with E-state index in [2.05, 4.69) is 23.6 Å². The quantitative estimate of drug-likeness (QED) is 0.609. The maximum atomic E-state index is 12.8. The highest BCUT2D eigenvalue weighted by Crippen LogP contribution is 2.38. The second-order valence-electron chi connectivity index (χ2n) is 7.44. The number of hydrogen-bond acceptors (Lipinski definition) is 4. The standard InChI is InChI=1S/C23H26N2O3S/c1-3-14-9-10-18-17(11-14)15(13-28-18)12-20(26)25-23-21(22(27)24-4-2)16-7-5-6-8-19(16)29-23/h9-11,13H,3-8,12H2,1-2H3,(H,24,27)(H,25,26). The first-order valence-corrected chi connectivity index (χ1v) is 11.1. The molecule has 1 aromatic carbocycles. The van der Waals surface area contributed by atoms with Gasteiger partial charge in [0.15, 0.2) is 0 Å². The molecular formula is C23H26N2O3S. The second kappa shape index (κ2) is 8.41. The third-order valence-corrected chi connectivity index (χ3v) is 6.67. The van der Waals surface area contributed by atoms with Gasteiger partial charge in [-0.2, -0.15) is 0 Å². The Bertz CT molecular complexity index is 1060. The van der Waals surface area contributed by atoms with Crippen molar-refractivity contribution in [2.45, 2.75) is 52.4 Å². The first kappa shape index (κ1) is 19.7. The van der Waals surface area contributed by atoms with Crippen molar-refractivity contribution < 1.29 is 14.0 Å². The summed E-state index contributed by atoms with van der Waals surface area (Å²) >= 11 is 1.55. The molecule has 6 heteroatoms. The number of benzene rings is 1. The van der Waals surface area contributed by atoms with Crippen LogP contribution in [0.4, 0.5) is 5.00 Å². The van der Waals surface area contributed by atoms with E-state index in [1.807, 2.05) is 19.1 Å². The minimum Gasteiger partial charge on any atom is -0.464 e. The van der Waals surface area contributed by atoms with Crippen molar-refractivity contribution in [2.75, 3.05) is 11.9 Å². The Kier molecular flexibility index (Phi) is 5.72. The molecule has 4 rings (SSSR count). The molecule has 0 atom stereocenters. The van der Waals surface area contributed by atoms with Gasteiger partial charge in [-0.1, -0.05) is 13.0 Å². The van der Waals surface area contributed by atoms with Crippen LogP contribution in [0.25, 0.3) is 11.0 Å². The van der Waals surface area contributed by atoms with Crippen LogP contribution < -0.4 is 10.6 Å². The van der Waals surface area contributed by atoms with Crippen molar-refractivity contribution in [1.29, 1.82) is 0 Å². The Morgan fingerprint density at radius 3 is 2.79 bits per heavy atom.